The summed E-state index contributed by atoms with van der Waals surface area (Å²) in [4.78, 5) is 2.55. The van der Waals surface area contributed by atoms with Crippen molar-refractivity contribution in [2.24, 2.45) is 0 Å². The Kier molecular flexibility index (Phi) is 8.39. The molecule has 1 fully saturated rings. The summed E-state index contributed by atoms with van der Waals surface area (Å²) in [7, 11) is -1.32. The molecule has 3 aromatic carbocycles. The van der Waals surface area contributed by atoms with Gasteiger partial charge in [0.25, 0.3) is 0 Å². The number of methoxy groups -OCH3 is 1. The van der Waals surface area contributed by atoms with Crippen LogP contribution in [0.5, 0.6) is 5.75 Å². The molecule has 0 bridgehead atoms. The highest BCUT2D eigenvalue weighted by molar-refractivity contribution is 7.76. The van der Waals surface area contributed by atoms with E-state index >= 15 is 0 Å². The number of hydrogen-bond acceptors (Lipinski definition) is 3. The smallest absolute Gasteiger partial charge is 0.204 e. The van der Waals surface area contributed by atoms with Crippen molar-refractivity contribution in [1.29, 1.82) is 0 Å². The van der Waals surface area contributed by atoms with Crippen LogP contribution in [0.2, 0.25) is 0 Å². The minimum Gasteiger partial charge on any atom is -0.497 e. The van der Waals surface area contributed by atoms with Crippen molar-refractivity contribution in [3.63, 3.8) is 0 Å². The van der Waals surface area contributed by atoms with Crippen molar-refractivity contribution in [2.75, 3.05) is 26.7 Å². The Labute approximate surface area is 198 Å². The summed E-state index contributed by atoms with van der Waals surface area (Å²) in [6.07, 6.45) is 5.90. The minimum atomic E-state index is -3.01. The van der Waals surface area contributed by atoms with Crippen LogP contribution in [0.1, 0.15) is 31.2 Å². The fourth-order valence-electron chi connectivity index (χ4n) is 4.66. The number of nitrogens with zero attached hydrogens (tertiary/aromatic N) is 1. The quantitative estimate of drug-likeness (QED) is 0.455. The summed E-state index contributed by atoms with van der Waals surface area (Å²) in [5.41, 5.74) is 1.22. The Morgan fingerprint density at radius 1 is 0.818 bits per heavy atom. The topological polar surface area (TPSA) is 41.6 Å². The highest BCUT2D eigenvalue weighted by Gasteiger charge is 2.31. The molecule has 0 radical (unpaired) electrons. The minimum absolute atomic E-state index is 0.0581. The van der Waals surface area contributed by atoms with Gasteiger partial charge in [-0.2, -0.15) is 0 Å². The van der Waals surface area contributed by atoms with Gasteiger partial charge in [-0.1, -0.05) is 61.4 Å². The SMILES string of the molecule is COc1ccc(C[C@@H](CN2CCCCCC2)NP(=O)(c2ccccc2)c2ccccc2)cc1. The standard InChI is InChI=1S/C28H35N2O2P/c1-32-26-18-16-24(17-19-26)22-25(23-30-20-10-2-3-11-21-30)29-33(31,27-12-6-4-7-13-27)28-14-8-5-9-15-28/h4-9,12-19,25H,2-3,10-11,20-23H2,1H3,(H,29,31)/t25-/m0/s1. The molecule has 1 heterocycles. The maximum atomic E-state index is 14.7. The van der Waals surface area contributed by atoms with Gasteiger partial charge < -0.3 is 9.64 Å². The van der Waals surface area contributed by atoms with Crippen LogP contribution in [0.4, 0.5) is 0 Å². The first-order chi connectivity index (χ1) is 16.2. The lowest BCUT2D eigenvalue weighted by atomic mass is 10.1. The third kappa shape index (κ3) is 6.35. The number of likely N-dealkylation sites (tertiary alicyclic amines) is 1. The fourth-order valence-corrected chi connectivity index (χ4v) is 7.13. The zero-order chi connectivity index (χ0) is 22.9. The van der Waals surface area contributed by atoms with Gasteiger partial charge in [-0.25, -0.2) is 0 Å². The summed E-state index contributed by atoms with van der Waals surface area (Å²) in [5, 5.41) is 5.40. The maximum Gasteiger partial charge on any atom is 0.204 e. The molecule has 1 aliphatic rings. The molecule has 1 N–H and O–H groups in total. The van der Waals surface area contributed by atoms with Crippen LogP contribution in [0, 0.1) is 0 Å². The molecule has 0 amide bonds. The molecule has 4 rings (SSSR count). The van der Waals surface area contributed by atoms with Gasteiger partial charge in [0.2, 0.25) is 7.29 Å². The van der Waals surface area contributed by atoms with Crippen LogP contribution in [-0.2, 0) is 11.0 Å². The van der Waals surface area contributed by atoms with Crippen LogP contribution in [0.15, 0.2) is 84.9 Å². The molecule has 5 heteroatoms. The van der Waals surface area contributed by atoms with Crippen molar-refractivity contribution in [2.45, 2.75) is 38.1 Å². The molecule has 1 atom stereocenters. The second-order valence-electron chi connectivity index (χ2n) is 8.87. The van der Waals surface area contributed by atoms with Crippen LogP contribution >= 0.6 is 7.29 Å². The van der Waals surface area contributed by atoms with E-state index in [1.165, 1.54) is 31.2 Å². The van der Waals surface area contributed by atoms with Crippen LogP contribution < -0.4 is 20.4 Å². The lowest BCUT2D eigenvalue weighted by Gasteiger charge is -2.31. The Bertz CT molecular complexity index is 973. The number of hydrogen-bond donors (Lipinski definition) is 1. The molecule has 1 saturated heterocycles. The number of rotatable bonds is 9. The largest absolute Gasteiger partial charge is 0.497 e. The molecule has 0 spiro atoms. The van der Waals surface area contributed by atoms with Crippen LogP contribution in [0.3, 0.4) is 0 Å². The molecule has 3 aromatic rings. The molecule has 1 aliphatic heterocycles. The second kappa shape index (κ2) is 11.7. The van der Waals surface area contributed by atoms with Gasteiger partial charge in [0.1, 0.15) is 5.75 Å². The predicted octanol–water partition coefficient (Wildman–Crippen LogP) is 5.00. The highest BCUT2D eigenvalue weighted by atomic mass is 31.2. The van der Waals surface area contributed by atoms with E-state index in [0.717, 1.165) is 42.4 Å². The zero-order valence-electron chi connectivity index (χ0n) is 19.5. The second-order valence-corrected chi connectivity index (χ2v) is 11.4. The summed E-state index contributed by atoms with van der Waals surface area (Å²) >= 11 is 0. The Hall–Kier alpha value is -2.39. The van der Waals surface area contributed by atoms with E-state index in [4.69, 9.17) is 4.74 Å². The van der Waals surface area contributed by atoms with E-state index in [1.54, 1.807) is 7.11 Å². The Balaban J connectivity index is 1.65. The Morgan fingerprint density at radius 3 is 1.88 bits per heavy atom. The molecule has 33 heavy (non-hydrogen) atoms. The number of ether oxygens (including phenoxy) is 1. The molecule has 0 saturated carbocycles. The lowest BCUT2D eigenvalue weighted by Crippen LogP contribution is -2.44. The van der Waals surface area contributed by atoms with Crippen molar-refractivity contribution in [1.82, 2.24) is 9.99 Å². The Morgan fingerprint density at radius 2 is 1.36 bits per heavy atom. The van der Waals surface area contributed by atoms with Crippen molar-refractivity contribution in [3.8, 4) is 5.75 Å². The van der Waals surface area contributed by atoms with E-state index in [1.807, 2.05) is 72.8 Å². The number of nitrogens with one attached hydrogen (secondary N) is 1. The van der Waals surface area contributed by atoms with Gasteiger partial charge in [-0.15, -0.1) is 0 Å². The van der Waals surface area contributed by atoms with E-state index < -0.39 is 7.29 Å². The average Bonchev–Trinajstić information content (AvgIpc) is 3.14. The van der Waals surface area contributed by atoms with Crippen LogP contribution in [-0.4, -0.2) is 37.7 Å². The number of benzene rings is 3. The maximum absolute atomic E-state index is 14.7. The fraction of sp³-hybridized carbons (Fsp3) is 0.357. The van der Waals surface area contributed by atoms with E-state index in [9.17, 15) is 4.57 Å². The van der Waals surface area contributed by atoms with Crippen molar-refractivity contribution < 1.29 is 9.30 Å². The first-order valence-corrected chi connectivity index (χ1v) is 13.7. The van der Waals surface area contributed by atoms with Crippen molar-refractivity contribution in [3.05, 3.63) is 90.5 Å². The molecular formula is C28H35N2O2P. The first kappa shape index (κ1) is 23.8. The van der Waals surface area contributed by atoms with Crippen molar-refractivity contribution >= 4 is 17.9 Å². The molecular weight excluding hydrogens is 427 g/mol. The normalized spacial score (nSPS) is 16.2. The molecule has 4 nitrogen and oxygen atoms in total. The van der Waals surface area contributed by atoms with Gasteiger partial charge in [0.05, 0.1) is 7.11 Å². The van der Waals surface area contributed by atoms with Gasteiger partial charge in [-0.3, -0.25) is 9.65 Å². The van der Waals surface area contributed by atoms with Gasteiger partial charge in [-0.05, 0) is 74.3 Å². The van der Waals surface area contributed by atoms with E-state index in [0.29, 0.717) is 0 Å². The molecule has 0 aromatic heterocycles. The summed E-state index contributed by atoms with van der Waals surface area (Å²) in [5.74, 6) is 0.857. The predicted molar refractivity (Wildman–Crippen MR) is 138 cm³/mol. The van der Waals surface area contributed by atoms with Gasteiger partial charge in [0, 0.05) is 23.2 Å². The third-order valence-electron chi connectivity index (χ3n) is 6.42. The molecule has 174 valence electrons. The summed E-state index contributed by atoms with van der Waals surface area (Å²) in [6.45, 7) is 3.11. The molecule has 0 aliphatic carbocycles. The zero-order valence-corrected chi connectivity index (χ0v) is 20.4. The van der Waals surface area contributed by atoms with Crippen LogP contribution in [0.25, 0.3) is 0 Å². The monoisotopic (exact) mass is 462 g/mol. The van der Waals surface area contributed by atoms with E-state index in [2.05, 4.69) is 22.1 Å². The molecule has 0 unspecified atom stereocenters. The van der Waals surface area contributed by atoms with Gasteiger partial charge in [0.15, 0.2) is 0 Å². The first-order valence-electron chi connectivity index (χ1n) is 12.0. The summed E-state index contributed by atoms with van der Waals surface area (Å²) < 4.78 is 20.0. The van der Waals surface area contributed by atoms with Gasteiger partial charge >= 0.3 is 0 Å². The average molecular weight is 463 g/mol. The third-order valence-corrected chi connectivity index (χ3v) is 9.20. The highest BCUT2D eigenvalue weighted by Crippen LogP contribution is 2.39. The summed E-state index contributed by atoms with van der Waals surface area (Å²) in [6, 6.07) is 28.1. The lowest BCUT2D eigenvalue weighted by molar-refractivity contribution is 0.259. The van der Waals surface area contributed by atoms with E-state index in [-0.39, 0.29) is 6.04 Å².